The second kappa shape index (κ2) is 10.2. The highest BCUT2D eigenvalue weighted by Crippen LogP contribution is 2.32. The van der Waals surface area contributed by atoms with Crippen LogP contribution in [0, 0.1) is 10.1 Å². The minimum absolute atomic E-state index is 0.132. The number of amidine groups is 1. The molecule has 2 heterocycles. The van der Waals surface area contributed by atoms with Crippen molar-refractivity contribution in [1.82, 2.24) is 5.32 Å². The minimum Gasteiger partial charge on any atom is -0.488 e. The second-order valence-electron chi connectivity index (χ2n) is 6.59. The molecule has 1 N–H and O–H groups in total. The summed E-state index contributed by atoms with van der Waals surface area (Å²) in [4.78, 5) is 23.4. The molecule has 1 saturated heterocycles. The Morgan fingerprint density at radius 3 is 2.82 bits per heavy atom. The Kier molecular flexibility index (Phi) is 6.86. The monoisotopic (exact) mass is 482 g/mol. The van der Waals surface area contributed by atoms with Crippen LogP contribution in [-0.4, -0.2) is 22.2 Å². The van der Waals surface area contributed by atoms with E-state index in [2.05, 4.69) is 15.5 Å². The molecule has 3 aromatic rings. The highest BCUT2D eigenvalue weighted by atomic mass is 35.5. The number of nitrogens with zero attached hydrogens (tertiary/aromatic N) is 3. The maximum Gasteiger partial charge on any atom is 0.270 e. The van der Waals surface area contributed by atoms with Crippen LogP contribution in [0.1, 0.15) is 16.9 Å². The molecule has 0 saturated carbocycles. The number of carbonyl (C=O) groups is 1. The molecule has 1 aliphatic heterocycles. The van der Waals surface area contributed by atoms with Crippen LogP contribution in [0.5, 0.6) is 5.75 Å². The highest BCUT2D eigenvalue weighted by Gasteiger charge is 2.25. The van der Waals surface area contributed by atoms with Crippen LogP contribution in [0.25, 0.3) is 6.08 Å². The molecule has 1 aromatic heterocycles. The molecule has 1 fully saturated rings. The number of hydrogen-bond donors (Lipinski definition) is 1. The number of hydrogen-bond acceptors (Lipinski definition) is 8. The van der Waals surface area contributed by atoms with Crippen molar-refractivity contribution in [2.75, 3.05) is 0 Å². The summed E-state index contributed by atoms with van der Waals surface area (Å²) in [7, 11) is 0. The van der Waals surface area contributed by atoms with Gasteiger partial charge in [-0.1, -0.05) is 29.8 Å². The van der Waals surface area contributed by atoms with E-state index in [1.165, 1.54) is 36.8 Å². The first-order chi connectivity index (χ1) is 16.0. The van der Waals surface area contributed by atoms with Gasteiger partial charge in [0, 0.05) is 28.3 Å². The number of nitro groups is 1. The molecule has 0 aliphatic carbocycles. The lowest BCUT2D eigenvalue weighted by molar-refractivity contribution is -0.384. The molecule has 0 bridgehead atoms. The Bertz CT molecular complexity index is 1290. The van der Waals surface area contributed by atoms with Gasteiger partial charge in [-0.15, -0.1) is 5.10 Å². The number of amides is 1. The quantitative estimate of drug-likeness (QED) is 0.219. The second-order valence-corrected chi connectivity index (χ2v) is 8.03. The number of halogens is 1. The first-order valence-corrected chi connectivity index (χ1v) is 10.7. The van der Waals surface area contributed by atoms with Crippen LogP contribution < -0.4 is 10.1 Å². The zero-order valence-corrected chi connectivity index (χ0v) is 18.4. The number of ether oxygens (including phenoxy) is 1. The number of nitrogens with one attached hydrogen (secondary N) is 1. The maximum absolute atomic E-state index is 12.4. The summed E-state index contributed by atoms with van der Waals surface area (Å²) < 4.78 is 11.0. The zero-order chi connectivity index (χ0) is 23.2. The molecule has 0 unspecified atom stereocenters. The summed E-state index contributed by atoms with van der Waals surface area (Å²) in [6.07, 6.45) is 4.42. The summed E-state index contributed by atoms with van der Waals surface area (Å²) in [5.74, 6) is 0.472. The molecular formula is C22H15ClN4O5S. The third kappa shape index (κ3) is 5.68. The average Bonchev–Trinajstić information content (AvgIpc) is 3.43. The zero-order valence-electron chi connectivity index (χ0n) is 16.8. The molecule has 166 valence electrons. The lowest BCUT2D eigenvalue weighted by atomic mass is 10.1. The van der Waals surface area contributed by atoms with E-state index in [4.69, 9.17) is 20.8 Å². The van der Waals surface area contributed by atoms with Crippen molar-refractivity contribution >= 4 is 52.4 Å². The average molecular weight is 483 g/mol. The summed E-state index contributed by atoms with van der Waals surface area (Å²) in [5, 5.41) is 22.5. The first kappa shape index (κ1) is 22.3. The summed E-state index contributed by atoms with van der Waals surface area (Å²) >= 11 is 7.23. The first-order valence-electron chi connectivity index (χ1n) is 9.49. The van der Waals surface area contributed by atoms with E-state index in [1.807, 2.05) is 12.1 Å². The van der Waals surface area contributed by atoms with E-state index < -0.39 is 10.8 Å². The number of carbonyl (C=O) groups excluding carboxylic acids is 1. The maximum atomic E-state index is 12.4. The number of furan rings is 1. The van der Waals surface area contributed by atoms with Gasteiger partial charge >= 0.3 is 0 Å². The Hall–Kier alpha value is -3.89. The third-order valence-corrected chi connectivity index (χ3v) is 5.63. The van der Waals surface area contributed by atoms with Crippen LogP contribution in [0.2, 0.25) is 5.02 Å². The SMILES string of the molecule is O=C1N/C(=N\N=C\c2ccco2)S/C1=C\c1cc([N+](=O)[O-])ccc1OCc1ccccc1Cl. The lowest BCUT2D eigenvalue weighted by Gasteiger charge is -2.10. The van der Waals surface area contributed by atoms with Crippen molar-refractivity contribution < 1.29 is 18.9 Å². The molecule has 4 rings (SSSR count). The highest BCUT2D eigenvalue weighted by molar-refractivity contribution is 8.18. The van der Waals surface area contributed by atoms with Crippen LogP contribution in [-0.2, 0) is 11.4 Å². The van der Waals surface area contributed by atoms with Gasteiger partial charge in [0.1, 0.15) is 18.1 Å². The normalized spacial score (nSPS) is 16.0. The Morgan fingerprint density at radius 1 is 1.21 bits per heavy atom. The van der Waals surface area contributed by atoms with E-state index in [0.717, 1.165) is 17.3 Å². The van der Waals surface area contributed by atoms with Crippen molar-refractivity contribution in [2.45, 2.75) is 6.61 Å². The Labute approximate surface area is 196 Å². The van der Waals surface area contributed by atoms with E-state index >= 15 is 0 Å². The predicted molar refractivity (Wildman–Crippen MR) is 126 cm³/mol. The van der Waals surface area contributed by atoms with Gasteiger partial charge in [0.15, 0.2) is 5.17 Å². The molecule has 0 radical (unpaired) electrons. The fourth-order valence-electron chi connectivity index (χ4n) is 2.78. The van der Waals surface area contributed by atoms with Crippen LogP contribution >= 0.6 is 23.4 Å². The molecule has 0 spiro atoms. The van der Waals surface area contributed by atoms with Crippen molar-refractivity contribution in [3.63, 3.8) is 0 Å². The molecule has 11 heteroatoms. The number of benzene rings is 2. The van der Waals surface area contributed by atoms with Gasteiger partial charge in [-0.3, -0.25) is 20.2 Å². The van der Waals surface area contributed by atoms with E-state index in [-0.39, 0.29) is 22.4 Å². The predicted octanol–water partition coefficient (Wildman–Crippen LogP) is 5.01. The molecule has 0 atom stereocenters. The summed E-state index contributed by atoms with van der Waals surface area (Å²) in [6, 6.07) is 14.8. The smallest absolute Gasteiger partial charge is 0.270 e. The summed E-state index contributed by atoms with van der Waals surface area (Å²) in [6.45, 7) is 0.154. The molecule has 9 nitrogen and oxygen atoms in total. The van der Waals surface area contributed by atoms with Crippen LogP contribution in [0.15, 0.2) is 80.4 Å². The largest absolute Gasteiger partial charge is 0.488 e. The van der Waals surface area contributed by atoms with Crippen LogP contribution in [0.3, 0.4) is 0 Å². The van der Waals surface area contributed by atoms with E-state index in [0.29, 0.717) is 22.1 Å². The fourth-order valence-corrected chi connectivity index (χ4v) is 3.74. The van der Waals surface area contributed by atoms with Gasteiger partial charge in [0.2, 0.25) is 0 Å². The molecule has 33 heavy (non-hydrogen) atoms. The van der Waals surface area contributed by atoms with Crippen molar-refractivity contribution in [1.29, 1.82) is 0 Å². The molecule has 1 aliphatic rings. The number of thioether (sulfide) groups is 1. The lowest BCUT2D eigenvalue weighted by Crippen LogP contribution is -2.19. The van der Waals surface area contributed by atoms with E-state index in [1.54, 1.807) is 24.3 Å². The van der Waals surface area contributed by atoms with Gasteiger partial charge in [-0.05, 0) is 42.1 Å². The van der Waals surface area contributed by atoms with Gasteiger partial charge in [0.05, 0.1) is 22.3 Å². The molecule has 1 amide bonds. The molecular weight excluding hydrogens is 468 g/mol. The molecule has 2 aromatic carbocycles. The van der Waals surface area contributed by atoms with Gasteiger partial charge in [0.25, 0.3) is 11.6 Å². The number of rotatable bonds is 7. The van der Waals surface area contributed by atoms with Crippen molar-refractivity contribution in [3.8, 4) is 5.75 Å². The third-order valence-electron chi connectivity index (χ3n) is 4.36. The van der Waals surface area contributed by atoms with Gasteiger partial charge in [-0.25, -0.2) is 0 Å². The topological polar surface area (TPSA) is 119 Å². The standard InChI is InChI=1S/C22H15ClN4O5S/c23-18-6-2-1-4-14(18)13-32-19-8-7-16(27(29)30)10-15(19)11-20-21(28)25-22(33-20)26-24-12-17-5-3-9-31-17/h1-12H,13H2,(H,25,26,28)/b20-11-,24-12+. The van der Waals surface area contributed by atoms with E-state index in [9.17, 15) is 14.9 Å². The van der Waals surface area contributed by atoms with Gasteiger partial charge < -0.3 is 9.15 Å². The van der Waals surface area contributed by atoms with Gasteiger partial charge in [-0.2, -0.15) is 5.10 Å². The Morgan fingerprint density at radius 2 is 2.06 bits per heavy atom. The van der Waals surface area contributed by atoms with Crippen molar-refractivity contribution in [2.24, 2.45) is 10.2 Å². The summed E-state index contributed by atoms with van der Waals surface area (Å²) in [5.41, 5.74) is 0.995. The number of nitro benzene ring substituents is 1. The number of non-ortho nitro benzene ring substituents is 1. The minimum atomic E-state index is -0.516. The van der Waals surface area contributed by atoms with Crippen molar-refractivity contribution in [3.05, 3.63) is 97.8 Å². The van der Waals surface area contributed by atoms with Crippen LogP contribution in [0.4, 0.5) is 5.69 Å². The Balaban J connectivity index is 1.57. The fraction of sp³-hybridized carbons (Fsp3) is 0.0455.